The number of likely N-dealkylation sites (tertiary alicyclic amines) is 1. The molecular formula is C29H44ClN5O7. The zero-order chi connectivity index (χ0) is 31.6. The second kappa shape index (κ2) is 13.0. The lowest BCUT2D eigenvalue weighted by Gasteiger charge is -2.39. The predicted octanol–water partition coefficient (Wildman–Crippen LogP) is 2.76. The summed E-state index contributed by atoms with van der Waals surface area (Å²) in [5.74, 6) is -1.28. The van der Waals surface area contributed by atoms with Crippen LogP contribution in [0.1, 0.15) is 53.5 Å². The minimum Gasteiger partial charge on any atom is -0.444 e. The maximum Gasteiger partial charge on any atom is 0.417 e. The van der Waals surface area contributed by atoms with Crippen LogP contribution in [0.3, 0.4) is 0 Å². The third kappa shape index (κ3) is 8.05. The molecule has 2 saturated heterocycles. The number of amides is 4. The van der Waals surface area contributed by atoms with Gasteiger partial charge in [-0.15, -0.1) is 0 Å². The number of hydrogen-bond donors (Lipinski definition) is 2. The number of aliphatic hydroxyl groups is 1. The van der Waals surface area contributed by atoms with Gasteiger partial charge in [-0.2, -0.15) is 0 Å². The number of benzene rings is 1. The molecule has 2 aliphatic rings. The van der Waals surface area contributed by atoms with Crippen LogP contribution < -0.4 is 10.6 Å². The minimum absolute atomic E-state index is 0.0477. The van der Waals surface area contributed by atoms with E-state index in [-0.39, 0.29) is 18.9 Å². The standard InChI is InChI=1S/C29H44ClN5O7/c1-18-20(30)9-8-10-21(18)32-11-13-33(14-12-32)24(37)22-15-19(17-34(22)26(39)41-28(2,3)4)35(25(38)23(36)16-31)27(40)42-29(5,6)7/h8-10,19,22-23,36H,11-17,31H2,1-7H3/t19-,22+,23-/m0/s1. The molecule has 42 heavy (non-hydrogen) atoms. The molecule has 2 heterocycles. The van der Waals surface area contributed by atoms with E-state index in [0.29, 0.717) is 31.2 Å². The van der Waals surface area contributed by atoms with E-state index in [0.717, 1.165) is 16.2 Å². The van der Waals surface area contributed by atoms with Crippen LogP contribution in [0.4, 0.5) is 15.3 Å². The maximum absolute atomic E-state index is 13.9. The van der Waals surface area contributed by atoms with E-state index in [9.17, 15) is 24.3 Å². The van der Waals surface area contributed by atoms with Gasteiger partial charge < -0.3 is 30.1 Å². The Kier molecular flexibility index (Phi) is 10.4. The summed E-state index contributed by atoms with van der Waals surface area (Å²) in [7, 11) is 0. The zero-order valence-electron chi connectivity index (χ0n) is 25.6. The van der Waals surface area contributed by atoms with Crippen molar-refractivity contribution in [2.75, 3.05) is 44.2 Å². The van der Waals surface area contributed by atoms with E-state index < -0.39 is 54.0 Å². The average Bonchev–Trinajstić information content (AvgIpc) is 3.32. The van der Waals surface area contributed by atoms with Gasteiger partial charge in [-0.1, -0.05) is 17.7 Å². The molecular weight excluding hydrogens is 566 g/mol. The van der Waals surface area contributed by atoms with Crippen molar-refractivity contribution >= 4 is 41.3 Å². The van der Waals surface area contributed by atoms with Gasteiger partial charge in [-0.3, -0.25) is 14.5 Å². The molecule has 13 heteroatoms. The van der Waals surface area contributed by atoms with Crippen LogP contribution in [0.2, 0.25) is 5.02 Å². The summed E-state index contributed by atoms with van der Waals surface area (Å²) in [6.45, 7) is 13.3. The Labute approximate surface area is 252 Å². The quantitative estimate of drug-likeness (QED) is 0.514. The van der Waals surface area contributed by atoms with Crippen LogP contribution in [0.5, 0.6) is 0 Å². The van der Waals surface area contributed by atoms with Crippen molar-refractivity contribution in [2.45, 2.75) is 84.3 Å². The largest absolute Gasteiger partial charge is 0.444 e. The van der Waals surface area contributed by atoms with Gasteiger partial charge in [0, 0.05) is 50.0 Å². The number of ether oxygens (including phenoxy) is 2. The zero-order valence-corrected chi connectivity index (χ0v) is 26.3. The molecule has 0 saturated carbocycles. The van der Waals surface area contributed by atoms with Crippen LogP contribution in [-0.4, -0.2) is 112 Å². The van der Waals surface area contributed by atoms with Crippen molar-refractivity contribution in [1.29, 1.82) is 0 Å². The van der Waals surface area contributed by atoms with Crippen LogP contribution in [0.15, 0.2) is 18.2 Å². The van der Waals surface area contributed by atoms with Crippen molar-refractivity contribution < 1.29 is 33.8 Å². The van der Waals surface area contributed by atoms with Crippen molar-refractivity contribution in [1.82, 2.24) is 14.7 Å². The van der Waals surface area contributed by atoms with E-state index in [2.05, 4.69) is 4.90 Å². The van der Waals surface area contributed by atoms with Crippen molar-refractivity contribution in [3.8, 4) is 0 Å². The summed E-state index contributed by atoms with van der Waals surface area (Å²) in [5.41, 5.74) is 5.68. The highest BCUT2D eigenvalue weighted by Gasteiger charge is 2.49. The number of imide groups is 1. The van der Waals surface area contributed by atoms with E-state index >= 15 is 0 Å². The summed E-state index contributed by atoms with van der Waals surface area (Å²) >= 11 is 6.31. The monoisotopic (exact) mass is 609 g/mol. The van der Waals surface area contributed by atoms with Gasteiger partial charge in [0.1, 0.15) is 23.3 Å². The first-order valence-electron chi connectivity index (χ1n) is 14.2. The lowest BCUT2D eigenvalue weighted by molar-refractivity contribution is -0.141. The molecule has 0 spiro atoms. The number of anilines is 1. The molecule has 3 rings (SSSR count). The van der Waals surface area contributed by atoms with Gasteiger partial charge in [0.25, 0.3) is 5.91 Å². The van der Waals surface area contributed by atoms with Crippen molar-refractivity contribution in [2.24, 2.45) is 5.73 Å². The third-order valence-corrected chi connectivity index (χ3v) is 7.47. The highest BCUT2D eigenvalue weighted by molar-refractivity contribution is 6.31. The Morgan fingerprint density at radius 3 is 2.19 bits per heavy atom. The van der Waals surface area contributed by atoms with Crippen LogP contribution in [0, 0.1) is 6.92 Å². The highest BCUT2D eigenvalue weighted by Crippen LogP contribution is 2.30. The predicted molar refractivity (Wildman–Crippen MR) is 158 cm³/mol. The Morgan fingerprint density at radius 1 is 1.05 bits per heavy atom. The number of piperazine rings is 1. The Hall–Kier alpha value is -3.09. The van der Waals surface area contributed by atoms with Crippen molar-refractivity contribution in [3.05, 3.63) is 28.8 Å². The number of rotatable bonds is 5. The lowest BCUT2D eigenvalue weighted by atomic mass is 10.1. The fourth-order valence-corrected chi connectivity index (χ4v) is 5.24. The SMILES string of the molecule is Cc1c(Cl)cccc1N1CCN(C(=O)[C@H]2C[C@H](N(C(=O)OC(C)(C)C)C(=O)[C@@H](O)CN)CN2C(=O)OC(C)(C)C)CC1. The van der Waals surface area contributed by atoms with Gasteiger partial charge in [0.15, 0.2) is 0 Å². The van der Waals surface area contributed by atoms with Gasteiger partial charge in [-0.05, 0) is 72.6 Å². The molecule has 0 unspecified atom stereocenters. The van der Waals surface area contributed by atoms with Gasteiger partial charge in [0.2, 0.25) is 5.91 Å². The van der Waals surface area contributed by atoms with Crippen molar-refractivity contribution in [3.63, 3.8) is 0 Å². The molecule has 0 radical (unpaired) electrons. The summed E-state index contributed by atoms with van der Waals surface area (Å²) in [4.78, 5) is 59.5. The first-order valence-corrected chi connectivity index (χ1v) is 14.5. The second-order valence-electron chi connectivity index (χ2n) is 12.7. The van der Waals surface area contributed by atoms with Gasteiger partial charge >= 0.3 is 12.2 Å². The van der Waals surface area contributed by atoms with Gasteiger partial charge in [0.05, 0.1) is 6.04 Å². The number of carbonyl (C=O) groups is 4. The number of aliphatic hydroxyl groups excluding tert-OH is 1. The number of nitrogens with zero attached hydrogens (tertiary/aromatic N) is 4. The molecule has 1 aromatic carbocycles. The normalized spacial score (nSPS) is 20.3. The molecule has 12 nitrogen and oxygen atoms in total. The number of hydrogen-bond acceptors (Lipinski definition) is 9. The molecule has 3 atom stereocenters. The summed E-state index contributed by atoms with van der Waals surface area (Å²) in [5, 5.41) is 10.9. The molecule has 234 valence electrons. The number of halogens is 1. The first kappa shape index (κ1) is 33.4. The minimum atomic E-state index is -1.66. The van der Waals surface area contributed by atoms with Gasteiger partial charge in [-0.25, -0.2) is 14.5 Å². The fraction of sp³-hybridized carbons (Fsp3) is 0.655. The Bertz CT molecular complexity index is 1170. The van der Waals surface area contributed by atoms with E-state index in [4.69, 9.17) is 26.8 Å². The fourth-order valence-electron chi connectivity index (χ4n) is 5.07. The third-order valence-electron chi connectivity index (χ3n) is 7.06. The molecule has 2 aliphatic heterocycles. The molecule has 3 N–H and O–H groups in total. The molecule has 0 aliphatic carbocycles. The van der Waals surface area contributed by atoms with Crippen LogP contribution in [0.25, 0.3) is 0 Å². The summed E-state index contributed by atoms with van der Waals surface area (Å²) in [6.07, 6.45) is -3.45. The second-order valence-corrected chi connectivity index (χ2v) is 13.1. The molecule has 0 aromatic heterocycles. The van der Waals surface area contributed by atoms with Crippen LogP contribution in [-0.2, 0) is 19.1 Å². The number of nitrogens with two attached hydrogens (primary N) is 1. The number of carbonyl (C=O) groups excluding carboxylic acids is 4. The Balaban J connectivity index is 1.86. The van der Waals surface area contributed by atoms with E-state index in [1.54, 1.807) is 46.4 Å². The van der Waals surface area contributed by atoms with E-state index in [1.165, 1.54) is 4.90 Å². The Morgan fingerprint density at radius 2 is 1.64 bits per heavy atom. The smallest absolute Gasteiger partial charge is 0.417 e. The van der Waals surface area contributed by atoms with Crippen LogP contribution >= 0.6 is 11.6 Å². The average molecular weight is 610 g/mol. The molecule has 1 aromatic rings. The lowest BCUT2D eigenvalue weighted by Crippen LogP contribution is -2.55. The maximum atomic E-state index is 13.9. The van der Waals surface area contributed by atoms with E-state index in [1.807, 2.05) is 25.1 Å². The summed E-state index contributed by atoms with van der Waals surface area (Å²) < 4.78 is 11.1. The molecule has 4 amide bonds. The summed E-state index contributed by atoms with van der Waals surface area (Å²) in [6, 6.07) is 3.75. The molecule has 2 fully saturated rings. The highest BCUT2D eigenvalue weighted by atomic mass is 35.5. The first-order chi connectivity index (χ1) is 19.4. The topological polar surface area (TPSA) is 146 Å². The molecule has 0 bridgehead atoms.